The minimum absolute atomic E-state index is 0.0143. The first-order chi connectivity index (χ1) is 14.0. The lowest BCUT2D eigenvalue weighted by atomic mass is 9.93. The number of carbonyl (C=O) groups excluding carboxylic acids is 1. The van der Waals surface area contributed by atoms with Crippen LogP contribution in [0, 0.1) is 5.92 Å². The predicted molar refractivity (Wildman–Crippen MR) is 112 cm³/mol. The Labute approximate surface area is 170 Å². The lowest BCUT2D eigenvalue weighted by Crippen LogP contribution is -2.28. The Balaban J connectivity index is 1.70. The van der Waals surface area contributed by atoms with E-state index in [1.54, 1.807) is 7.11 Å². The van der Waals surface area contributed by atoms with Crippen molar-refractivity contribution in [2.24, 2.45) is 5.92 Å². The summed E-state index contributed by atoms with van der Waals surface area (Å²) < 4.78 is 7.15. The number of nitrogens with one attached hydrogen (secondary N) is 2. The average Bonchev–Trinajstić information content (AvgIpc) is 3.16. The quantitative estimate of drug-likeness (QED) is 0.686. The first-order valence-corrected chi connectivity index (χ1v) is 9.78. The molecule has 2 N–H and O–H groups in total. The summed E-state index contributed by atoms with van der Waals surface area (Å²) in [6.07, 6.45) is 0.810. The number of hydrogen-bond acceptors (Lipinski definition) is 5. The van der Waals surface area contributed by atoms with Crippen molar-refractivity contribution in [3.8, 4) is 5.75 Å². The summed E-state index contributed by atoms with van der Waals surface area (Å²) in [6, 6.07) is 18.4. The van der Waals surface area contributed by atoms with Gasteiger partial charge >= 0.3 is 0 Å². The molecule has 1 aliphatic rings. The summed E-state index contributed by atoms with van der Waals surface area (Å²) in [4.78, 5) is 16.6. The van der Waals surface area contributed by atoms with Crippen LogP contribution in [0.5, 0.6) is 5.75 Å². The first kappa shape index (κ1) is 19.0. The summed E-state index contributed by atoms with van der Waals surface area (Å²) in [6.45, 7) is 3.68. The van der Waals surface area contributed by atoms with Gasteiger partial charge in [0.1, 0.15) is 5.75 Å². The highest BCUT2D eigenvalue weighted by Crippen LogP contribution is 2.38. The van der Waals surface area contributed by atoms with Crippen molar-refractivity contribution in [3.05, 3.63) is 65.7 Å². The Morgan fingerprint density at radius 3 is 2.52 bits per heavy atom. The maximum Gasteiger partial charge on any atom is 0.250 e. The summed E-state index contributed by atoms with van der Waals surface area (Å²) >= 11 is 0. The first-order valence-electron chi connectivity index (χ1n) is 9.78. The molecule has 4 rings (SSSR count). The van der Waals surface area contributed by atoms with Crippen LogP contribution in [0.25, 0.3) is 0 Å². The zero-order chi connectivity index (χ0) is 20.4. The number of ether oxygens (including phenoxy) is 1. The second-order valence-corrected chi connectivity index (χ2v) is 7.48. The molecule has 2 heterocycles. The van der Waals surface area contributed by atoms with Crippen LogP contribution < -0.4 is 15.4 Å². The Hall–Kier alpha value is -3.35. The molecule has 1 amide bonds. The largest absolute Gasteiger partial charge is 0.497 e. The normalized spacial score (nSPS) is 18.1. The maximum absolute atomic E-state index is 12.1. The van der Waals surface area contributed by atoms with Crippen LogP contribution in [0.4, 0.5) is 11.9 Å². The van der Waals surface area contributed by atoms with E-state index in [4.69, 9.17) is 4.74 Å². The number of amides is 1. The number of benzene rings is 2. The molecule has 0 aliphatic carbocycles. The van der Waals surface area contributed by atoms with Gasteiger partial charge in [0.2, 0.25) is 11.9 Å². The zero-order valence-electron chi connectivity index (χ0n) is 16.8. The third-order valence-electron chi connectivity index (χ3n) is 5.15. The van der Waals surface area contributed by atoms with E-state index < -0.39 is 0 Å². The Morgan fingerprint density at radius 1 is 1.14 bits per heavy atom. The number of aromatic nitrogens is 3. The van der Waals surface area contributed by atoms with E-state index in [1.165, 1.54) is 5.56 Å². The van der Waals surface area contributed by atoms with Crippen LogP contribution in [0.2, 0.25) is 0 Å². The fourth-order valence-electron chi connectivity index (χ4n) is 3.49. The molecule has 2 atom stereocenters. The second kappa shape index (κ2) is 7.95. The Kier molecular flexibility index (Phi) is 5.20. The highest BCUT2D eigenvalue weighted by molar-refractivity contribution is 5.90. The van der Waals surface area contributed by atoms with Gasteiger partial charge in [-0.05, 0) is 29.7 Å². The zero-order valence-corrected chi connectivity index (χ0v) is 16.8. The standard InChI is InChI=1S/C22H25N5O2/c1-14(2)20(28)24-21-25-22-23-18(15-7-5-4-6-8-15)13-19(27(22)26-21)16-9-11-17(29-3)12-10-16/h4-12,14,18-19H,13H2,1-3H3,(H2,23,24,25,26,28)/t18-,19+/m0/s1. The smallest absolute Gasteiger partial charge is 0.250 e. The highest BCUT2D eigenvalue weighted by Gasteiger charge is 2.31. The molecule has 1 aliphatic heterocycles. The third kappa shape index (κ3) is 3.94. The molecule has 150 valence electrons. The molecule has 7 heteroatoms. The molecule has 0 saturated carbocycles. The topological polar surface area (TPSA) is 81.1 Å². The molecule has 0 unspecified atom stereocenters. The minimum Gasteiger partial charge on any atom is -0.497 e. The molecule has 29 heavy (non-hydrogen) atoms. The molecule has 0 fully saturated rings. The number of carbonyl (C=O) groups is 1. The van der Waals surface area contributed by atoms with Gasteiger partial charge < -0.3 is 10.1 Å². The number of nitrogens with zero attached hydrogens (tertiary/aromatic N) is 3. The van der Waals surface area contributed by atoms with Crippen molar-refractivity contribution < 1.29 is 9.53 Å². The van der Waals surface area contributed by atoms with Gasteiger partial charge in [0, 0.05) is 5.92 Å². The van der Waals surface area contributed by atoms with Gasteiger partial charge in [-0.15, -0.1) is 5.10 Å². The number of rotatable bonds is 5. The molecule has 7 nitrogen and oxygen atoms in total. The highest BCUT2D eigenvalue weighted by atomic mass is 16.5. The number of fused-ring (bicyclic) bond motifs is 1. The van der Waals surface area contributed by atoms with Crippen molar-refractivity contribution in [2.75, 3.05) is 17.7 Å². The van der Waals surface area contributed by atoms with Gasteiger partial charge in [0.25, 0.3) is 5.95 Å². The third-order valence-corrected chi connectivity index (χ3v) is 5.15. The minimum atomic E-state index is -0.141. The van der Waals surface area contributed by atoms with Crippen LogP contribution in [0.3, 0.4) is 0 Å². The monoisotopic (exact) mass is 391 g/mol. The molecule has 0 spiro atoms. The van der Waals surface area contributed by atoms with Gasteiger partial charge in [-0.3, -0.25) is 10.1 Å². The number of anilines is 2. The molecular weight excluding hydrogens is 366 g/mol. The van der Waals surface area contributed by atoms with Gasteiger partial charge in [0.05, 0.1) is 19.2 Å². The van der Waals surface area contributed by atoms with Crippen molar-refractivity contribution in [3.63, 3.8) is 0 Å². The van der Waals surface area contributed by atoms with E-state index in [0.29, 0.717) is 11.9 Å². The van der Waals surface area contributed by atoms with E-state index in [1.807, 2.05) is 48.9 Å². The average molecular weight is 391 g/mol. The van der Waals surface area contributed by atoms with E-state index in [-0.39, 0.29) is 23.9 Å². The summed E-state index contributed by atoms with van der Waals surface area (Å²) in [7, 11) is 1.66. The number of hydrogen-bond donors (Lipinski definition) is 2. The van der Waals surface area contributed by atoms with Gasteiger partial charge in [-0.2, -0.15) is 4.98 Å². The van der Waals surface area contributed by atoms with Crippen molar-refractivity contribution in [1.82, 2.24) is 14.8 Å². The summed E-state index contributed by atoms with van der Waals surface area (Å²) in [5.74, 6) is 1.53. The van der Waals surface area contributed by atoms with Gasteiger partial charge in [0.15, 0.2) is 0 Å². The summed E-state index contributed by atoms with van der Waals surface area (Å²) in [5, 5.41) is 10.9. The van der Waals surface area contributed by atoms with Crippen LogP contribution in [-0.2, 0) is 4.79 Å². The molecule has 0 bridgehead atoms. The van der Waals surface area contributed by atoms with Crippen LogP contribution in [-0.4, -0.2) is 27.8 Å². The number of methoxy groups -OCH3 is 1. The predicted octanol–water partition coefficient (Wildman–Crippen LogP) is 4.03. The van der Waals surface area contributed by atoms with Crippen LogP contribution >= 0.6 is 0 Å². The maximum atomic E-state index is 12.1. The SMILES string of the molecule is COc1ccc([C@H]2C[C@@H](c3ccccc3)Nc3nc(NC(=O)C(C)C)nn32)cc1. The Bertz CT molecular complexity index is 982. The van der Waals surface area contributed by atoms with E-state index >= 15 is 0 Å². The Morgan fingerprint density at radius 2 is 1.86 bits per heavy atom. The molecular formula is C22H25N5O2. The van der Waals surface area contributed by atoms with Crippen LogP contribution in [0.1, 0.15) is 43.5 Å². The van der Waals surface area contributed by atoms with E-state index in [9.17, 15) is 4.79 Å². The molecule has 3 aromatic rings. The molecule has 0 saturated heterocycles. The molecule has 1 aromatic heterocycles. The lowest BCUT2D eigenvalue weighted by Gasteiger charge is -2.31. The fraction of sp³-hybridized carbons (Fsp3) is 0.318. The van der Waals surface area contributed by atoms with Gasteiger partial charge in [-0.1, -0.05) is 56.3 Å². The lowest BCUT2D eigenvalue weighted by molar-refractivity contribution is -0.118. The van der Waals surface area contributed by atoms with Gasteiger partial charge in [-0.25, -0.2) is 4.68 Å². The summed E-state index contributed by atoms with van der Waals surface area (Å²) in [5.41, 5.74) is 2.30. The second-order valence-electron chi connectivity index (χ2n) is 7.48. The van der Waals surface area contributed by atoms with Crippen molar-refractivity contribution in [1.29, 1.82) is 0 Å². The molecule has 2 aromatic carbocycles. The van der Waals surface area contributed by atoms with Crippen molar-refractivity contribution >= 4 is 17.8 Å². The molecule has 0 radical (unpaired) electrons. The van der Waals surface area contributed by atoms with E-state index in [0.717, 1.165) is 17.7 Å². The van der Waals surface area contributed by atoms with Crippen LogP contribution in [0.15, 0.2) is 54.6 Å². The fourth-order valence-corrected chi connectivity index (χ4v) is 3.49. The van der Waals surface area contributed by atoms with E-state index in [2.05, 4.69) is 45.0 Å². The van der Waals surface area contributed by atoms with Crippen molar-refractivity contribution in [2.45, 2.75) is 32.4 Å².